The van der Waals surface area contributed by atoms with Gasteiger partial charge in [0.05, 0.1) is 26.9 Å². The van der Waals surface area contributed by atoms with Gasteiger partial charge in [0, 0.05) is 12.3 Å². The molecule has 0 aliphatic rings. The zero-order valence-corrected chi connectivity index (χ0v) is 14.4. The predicted octanol–water partition coefficient (Wildman–Crippen LogP) is -0.576. The van der Waals surface area contributed by atoms with Crippen LogP contribution in [0.3, 0.4) is 0 Å². The quantitative estimate of drug-likeness (QED) is 0.355. The Labute approximate surface area is 204 Å². The van der Waals surface area contributed by atoms with Crippen molar-refractivity contribution in [3.63, 3.8) is 0 Å². The van der Waals surface area contributed by atoms with Crippen molar-refractivity contribution >= 4 is 79.4 Å². The van der Waals surface area contributed by atoms with Crippen LogP contribution in [0.2, 0.25) is 0 Å². The van der Waals surface area contributed by atoms with Crippen molar-refractivity contribution in [2.45, 2.75) is 9.79 Å². The Bertz CT molecular complexity index is 1200. The van der Waals surface area contributed by atoms with E-state index in [1.54, 1.807) is 18.2 Å². The standard InChI is InChI=1S/C14H11N3O7S2.2Na.2H/c18-14-8-13(12-3-1-2-4-15-12)16-17(14)9-5-10(25(19,20)21)7-11(6-9)26(22,23)24;;;;/h1-8,16H,(H,19,20,21)(H,22,23,24);;;;. The molecule has 0 aliphatic carbocycles. The Morgan fingerprint density at radius 3 is 1.93 bits per heavy atom. The van der Waals surface area contributed by atoms with Crippen LogP contribution >= 0.6 is 0 Å². The minimum atomic E-state index is -4.79. The molecule has 0 spiro atoms. The number of H-pyrrole nitrogens is 1. The first-order chi connectivity index (χ1) is 12.1. The van der Waals surface area contributed by atoms with Crippen molar-refractivity contribution in [2.75, 3.05) is 0 Å². The molecule has 3 N–H and O–H groups in total. The maximum atomic E-state index is 12.2. The van der Waals surface area contributed by atoms with E-state index in [1.807, 2.05) is 0 Å². The molecular weight excluding hydrogens is 432 g/mol. The van der Waals surface area contributed by atoms with Gasteiger partial charge in [-0.05, 0) is 30.3 Å². The number of benzene rings is 1. The van der Waals surface area contributed by atoms with Crippen LogP contribution in [0.1, 0.15) is 0 Å². The van der Waals surface area contributed by atoms with E-state index < -0.39 is 35.6 Å². The zero-order valence-electron chi connectivity index (χ0n) is 12.8. The Kier molecular flexibility index (Phi) is 8.42. The molecule has 14 heteroatoms. The summed E-state index contributed by atoms with van der Waals surface area (Å²) in [4.78, 5) is 14.7. The molecule has 2 aromatic heterocycles. The van der Waals surface area contributed by atoms with E-state index in [1.165, 1.54) is 12.3 Å². The van der Waals surface area contributed by atoms with E-state index >= 15 is 0 Å². The zero-order chi connectivity index (χ0) is 19.1. The van der Waals surface area contributed by atoms with Crippen molar-refractivity contribution in [1.82, 2.24) is 14.8 Å². The fourth-order valence-electron chi connectivity index (χ4n) is 2.22. The van der Waals surface area contributed by atoms with Crippen LogP contribution in [-0.2, 0) is 20.2 Å². The maximum absolute atomic E-state index is 12.2. The third-order valence-electron chi connectivity index (χ3n) is 3.38. The summed E-state index contributed by atoms with van der Waals surface area (Å²) in [6.45, 7) is 0. The van der Waals surface area contributed by atoms with E-state index in [2.05, 4.69) is 10.1 Å². The van der Waals surface area contributed by atoms with Gasteiger partial charge in [-0.15, -0.1) is 0 Å². The molecule has 0 saturated carbocycles. The Balaban J connectivity index is 0.00000196. The van der Waals surface area contributed by atoms with Gasteiger partial charge in [0.15, 0.2) is 0 Å². The van der Waals surface area contributed by atoms with Gasteiger partial charge >= 0.3 is 59.1 Å². The topological polar surface area (TPSA) is 159 Å². The second kappa shape index (κ2) is 9.34. The molecule has 0 atom stereocenters. The fraction of sp³-hybridized carbons (Fsp3) is 0. The number of hydrogen-bond donors (Lipinski definition) is 3. The molecule has 0 saturated heterocycles. The van der Waals surface area contributed by atoms with Gasteiger partial charge in [-0.3, -0.25) is 24.0 Å². The summed E-state index contributed by atoms with van der Waals surface area (Å²) in [5.74, 6) is 0. The van der Waals surface area contributed by atoms with E-state index in [0.717, 1.165) is 16.8 Å². The molecule has 0 radical (unpaired) electrons. The van der Waals surface area contributed by atoms with Crippen LogP contribution < -0.4 is 5.56 Å². The summed E-state index contributed by atoms with van der Waals surface area (Å²) in [6, 6.07) is 8.49. The van der Waals surface area contributed by atoms with Crippen LogP contribution in [0, 0.1) is 0 Å². The summed E-state index contributed by atoms with van der Waals surface area (Å²) in [5.41, 5.74) is -0.148. The number of nitrogens with one attached hydrogen (secondary N) is 1. The van der Waals surface area contributed by atoms with E-state index in [0.29, 0.717) is 17.5 Å². The summed E-state index contributed by atoms with van der Waals surface area (Å²) in [7, 11) is -9.58. The van der Waals surface area contributed by atoms with Crippen LogP contribution in [0.5, 0.6) is 0 Å². The van der Waals surface area contributed by atoms with Crippen molar-refractivity contribution < 1.29 is 25.9 Å². The first-order valence-electron chi connectivity index (χ1n) is 6.89. The number of nitrogens with zero attached hydrogens (tertiary/aromatic N) is 2. The molecule has 10 nitrogen and oxygen atoms in total. The number of hydrogen-bond acceptors (Lipinski definition) is 6. The monoisotopic (exact) mass is 445 g/mol. The Hall–Kier alpha value is -0.800. The van der Waals surface area contributed by atoms with Gasteiger partial charge in [0.1, 0.15) is 0 Å². The average Bonchev–Trinajstić information content (AvgIpc) is 2.95. The molecule has 140 valence electrons. The predicted molar refractivity (Wildman–Crippen MR) is 104 cm³/mol. The van der Waals surface area contributed by atoms with Crippen LogP contribution in [0.25, 0.3) is 17.1 Å². The molecule has 1 aromatic carbocycles. The SMILES string of the molecule is O=c1cc(-c2ccccn2)[nH]n1-c1cc(S(=O)(=O)O)cc(S(=O)(=O)O)c1.[NaH].[NaH]. The van der Waals surface area contributed by atoms with E-state index in [-0.39, 0.29) is 64.8 Å². The molecule has 0 fully saturated rings. The molecule has 0 aliphatic heterocycles. The normalized spacial score (nSPS) is 11.4. The third-order valence-corrected chi connectivity index (χ3v) is 5.04. The summed E-state index contributed by atoms with van der Waals surface area (Å²) in [5, 5.41) is 2.66. The molecule has 0 amide bonds. The molecule has 28 heavy (non-hydrogen) atoms. The van der Waals surface area contributed by atoms with Crippen LogP contribution in [0.4, 0.5) is 0 Å². The summed E-state index contributed by atoms with van der Waals surface area (Å²) >= 11 is 0. The summed E-state index contributed by atoms with van der Waals surface area (Å²) in [6.07, 6.45) is 1.50. The molecule has 2 heterocycles. The number of aromatic nitrogens is 3. The van der Waals surface area contributed by atoms with Crippen LogP contribution in [-0.4, -0.2) is 99.8 Å². The molecular formula is C14H13N3Na2O7S2. The third kappa shape index (κ3) is 5.63. The van der Waals surface area contributed by atoms with Gasteiger partial charge < -0.3 is 0 Å². The Morgan fingerprint density at radius 1 is 0.893 bits per heavy atom. The second-order valence-corrected chi connectivity index (χ2v) is 8.01. The minimum absolute atomic E-state index is 0. The fourth-order valence-corrected chi connectivity index (χ4v) is 3.39. The van der Waals surface area contributed by atoms with Crippen molar-refractivity contribution in [3.05, 3.63) is 59.0 Å². The first-order valence-corrected chi connectivity index (χ1v) is 9.78. The van der Waals surface area contributed by atoms with Gasteiger partial charge in [-0.25, -0.2) is 4.68 Å². The van der Waals surface area contributed by atoms with Gasteiger partial charge in [0.2, 0.25) is 0 Å². The molecule has 3 rings (SSSR count). The van der Waals surface area contributed by atoms with Gasteiger partial charge in [-0.1, -0.05) is 6.07 Å². The van der Waals surface area contributed by atoms with Crippen molar-refractivity contribution in [2.24, 2.45) is 0 Å². The molecule has 3 aromatic rings. The number of rotatable bonds is 4. The van der Waals surface area contributed by atoms with E-state index in [4.69, 9.17) is 0 Å². The van der Waals surface area contributed by atoms with Gasteiger partial charge in [-0.2, -0.15) is 16.8 Å². The summed E-state index contributed by atoms with van der Waals surface area (Å²) < 4.78 is 64.8. The number of pyridine rings is 1. The van der Waals surface area contributed by atoms with Crippen molar-refractivity contribution in [1.29, 1.82) is 0 Å². The Morgan fingerprint density at radius 2 is 1.46 bits per heavy atom. The first kappa shape index (κ1) is 25.2. The van der Waals surface area contributed by atoms with E-state index in [9.17, 15) is 30.7 Å². The average molecular weight is 445 g/mol. The van der Waals surface area contributed by atoms with Crippen molar-refractivity contribution in [3.8, 4) is 17.1 Å². The second-order valence-electron chi connectivity index (χ2n) is 5.17. The van der Waals surface area contributed by atoms with Crippen LogP contribution in [0.15, 0.2) is 63.2 Å². The molecule has 0 unspecified atom stereocenters. The number of aromatic amines is 1. The van der Waals surface area contributed by atoms with Gasteiger partial charge in [0.25, 0.3) is 25.8 Å². The molecule has 0 bridgehead atoms.